The van der Waals surface area contributed by atoms with Crippen molar-refractivity contribution in [3.63, 3.8) is 0 Å². The van der Waals surface area contributed by atoms with Gasteiger partial charge in [0.2, 0.25) is 0 Å². The van der Waals surface area contributed by atoms with Crippen molar-refractivity contribution in [1.82, 2.24) is 0 Å². The molecule has 0 saturated carbocycles. The van der Waals surface area contributed by atoms with E-state index in [-0.39, 0.29) is 17.1 Å². The van der Waals surface area contributed by atoms with Crippen molar-refractivity contribution in [3.8, 4) is 11.5 Å². The highest BCUT2D eigenvalue weighted by Gasteiger charge is 2.30. The zero-order valence-electron chi connectivity index (χ0n) is 13.8. The number of aliphatic hydroxyl groups is 1. The molecule has 0 spiro atoms. The third-order valence-electron chi connectivity index (χ3n) is 3.42. The van der Waals surface area contributed by atoms with Crippen LogP contribution in [0.15, 0.2) is 18.2 Å². The third kappa shape index (κ3) is 4.46. The molecule has 0 aliphatic heterocycles. The van der Waals surface area contributed by atoms with Crippen LogP contribution < -0.4 is 9.47 Å². The maximum Gasteiger partial charge on any atom is 0.199 e. The second-order valence-electron chi connectivity index (χ2n) is 6.59. The Morgan fingerprint density at radius 1 is 1.19 bits per heavy atom. The first-order valence-corrected chi connectivity index (χ1v) is 7.14. The van der Waals surface area contributed by atoms with Gasteiger partial charge in [0.25, 0.3) is 0 Å². The number of carbonyl (C=O) groups excluding carboxylic acids is 1. The zero-order valence-corrected chi connectivity index (χ0v) is 13.8. The van der Waals surface area contributed by atoms with E-state index in [0.29, 0.717) is 17.1 Å². The molecule has 1 rings (SSSR count). The van der Waals surface area contributed by atoms with Crippen LogP contribution in [-0.2, 0) is 0 Å². The summed E-state index contributed by atoms with van der Waals surface area (Å²) in [4.78, 5) is 12.6. The monoisotopic (exact) mass is 294 g/mol. The summed E-state index contributed by atoms with van der Waals surface area (Å²) in [6, 6.07) is 5.13. The number of rotatable bonds is 6. The molecular formula is C17H26O4. The summed E-state index contributed by atoms with van der Waals surface area (Å²) in [5.74, 6) is 0.330. The Kier molecular flexibility index (Phi) is 5.78. The van der Waals surface area contributed by atoms with Gasteiger partial charge in [-0.25, -0.2) is 0 Å². The average molecular weight is 294 g/mol. The van der Waals surface area contributed by atoms with E-state index in [2.05, 4.69) is 20.8 Å². The van der Waals surface area contributed by atoms with Gasteiger partial charge in [-0.2, -0.15) is 0 Å². The normalized spacial score (nSPS) is 14.4. The Hall–Kier alpha value is -1.55. The fraction of sp³-hybridized carbons (Fsp3) is 0.588. The maximum atomic E-state index is 12.6. The van der Waals surface area contributed by atoms with Crippen molar-refractivity contribution >= 4 is 5.78 Å². The summed E-state index contributed by atoms with van der Waals surface area (Å²) in [5.41, 5.74) is 0.349. The summed E-state index contributed by atoms with van der Waals surface area (Å²) in [6.45, 7) is 8.15. The van der Waals surface area contributed by atoms with Gasteiger partial charge in [-0.15, -0.1) is 0 Å². The summed E-state index contributed by atoms with van der Waals surface area (Å²) in [6.07, 6.45) is -0.327. The summed E-state index contributed by atoms with van der Waals surface area (Å²) >= 11 is 0. The first-order valence-electron chi connectivity index (χ1n) is 7.14. The van der Waals surface area contributed by atoms with Gasteiger partial charge < -0.3 is 14.6 Å². The minimum absolute atomic E-state index is 0.0472. The van der Waals surface area contributed by atoms with Crippen LogP contribution in [0.1, 0.15) is 44.5 Å². The van der Waals surface area contributed by atoms with Crippen LogP contribution in [0.25, 0.3) is 0 Å². The number of methoxy groups -OCH3 is 2. The van der Waals surface area contributed by atoms with Crippen LogP contribution in [-0.4, -0.2) is 31.2 Å². The van der Waals surface area contributed by atoms with Crippen molar-refractivity contribution in [2.24, 2.45) is 11.3 Å². The number of Topliss-reactive ketones (excluding diaryl/α,β-unsaturated/α-hetero) is 1. The predicted octanol–water partition coefficient (Wildman–Crippen LogP) is 3.32. The van der Waals surface area contributed by atoms with E-state index in [1.807, 2.05) is 6.92 Å². The minimum Gasteiger partial charge on any atom is -0.496 e. The molecule has 0 bridgehead atoms. The first-order chi connectivity index (χ1) is 9.71. The van der Waals surface area contributed by atoms with Crippen molar-refractivity contribution in [2.45, 2.75) is 40.2 Å². The van der Waals surface area contributed by atoms with Crippen LogP contribution >= 0.6 is 0 Å². The van der Waals surface area contributed by atoms with Crippen LogP contribution in [0.4, 0.5) is 0 Å². The largest absolute Gasteiger partial charge is 0.496 e. The van der Waals surface area contributed by atoms with Gasteiger partial charge in [0, 0.05) is 0 Å². The van der Waals surface area contributed by atoms with Crippen molar-refractivity contribution < 1.29 is 19.4 Å². The van der Waals surface area contributed by atoms with Crippen LogP contribution in [0.3, 0.4) is 0 Å². The predicted molar refractivity (Wildman–Crippen MR) is 83.1 cm³/mol. The zero-order chi connectivity index (χ0) is 16.2. The second-order valence-corrected chi connectivity index (χ2v) is 6.59. The van der Waals surface area contributed by atoms with Gasteiger partial charge in [-0.05, 0) is 29.9 Å². The lowest BCUT2D eigenvalue weighted by Gasteiger charge is -2.26. The Morgan fingerprint density at radius 2 is 1.67 bits per heavy atom. The molecule has 0 aliphatic rings. The maximum absolute atomic E-state index is 12.6. The lowest BCUT2D eigenvalue weighted by Crippen LogP contribution is -2.31. The standard InChI is InChI=1S/C17H26O4/c1-11(10-17(2,3)4)15(18)16(19)14-12(20-5)8-7-9-13(14)21-6/h7-9,11,15,18H,10H2,1-6H3. The fourth-order valence-electron chi connectivity index (χ4n) is 2.58. The van der Waals surface area contributed by atoms with Crippen molar-refractivity contribution in [3.05, 3.63) is 23.8 Å². The number of benzene rings is 1. The highest BCUT2D eigenvalue weighted by molar-refractivity contribution is 6.04. The van der Waals surface area contributed by atoms with Gasteiger partial charge in [0.05, 0.1) is 14.2 Å². The number of carbonyl (C=O) groups is 1. The van der Waals surface area contributed by atoms with Crippen LogP contribution in [0.5, 0.6) is 11.5 Å². The molecule has 0 aromatic heterocycles. The van der Waals surface area contributed by atoms with E-state index in [0.717, 1.165) is 6.42 Å². The lowest BCUT2D eigenvalue weighted by atomic mass is 9.81. The molecule has 0 amide bonds. The highest BCUT2D eigenvalue weighted by Crippen LogP contribution is 2.33. The van der Waals surface area contributed by atoms with Crippen molar-refractivity contribution in [2.75, 3.05) is 14.2 Å². The third-order valence-corrected chi connectivity index (χ3v) is 3.42. The van der Waals surface area contributed by atoms with Crippen molar-refractivity contribution in [1.29, 1.82) is 0 Å². The molecule has 0 radical (unpaired) electrons. The molecular weight excluding hydrogens is 268 g/mol. The molecule has 1 N–H and O–H groups in total. The Balaban J connectivity index is 3.08. The SMILES string of the molecule is COc1cccc(OC)c1C(=O)C(O)C(C)CC(C)(C)C. The molecule has 0 heterocycles. The van der Waals surface area contributed by atoms with Gasteiger partial charge in [0.15, 0.2) is 5.78 Å². The number of hydrogen-bond acceptors (Lipinski definition) is 4. The molecule has 0 saturated heterocycles. The average Bonchev–Trinajstić information content (AvgIpc) is 2.42. The van der Waals surface area contributed by atoms with Crippen LogP contribution in [0, 0.1) is 11.3 Å². The Labute approximate surface area is 127 Å². The fourth-order valence-corrected chi connectivity index (χ4v) is 2.58. The van der Waals surface area contributed by atoms with Crippen LogP contribution in [0.2, 0.25) is 0 Å². The summed E-state index contributed by atoms with van der Waals surface area (Å²) < 4.78 is 10.5. The lowest BCUT2D eigenvalue weighted by molar-refractivity contribution is 0.0555. The van der Waals surface area contributed by atoms with E-state index in [4.69, 9.17) is 9.47 Å². The number of hydrogen-bond donors (Lipinski definition) is 1. The minimum atomic E-state index is -1.07. The molecule has 4 nitrogen and oxygen atoms in total. The molecule has 4 heteroatoms. The van der Waals surface area contributed by atoms with Gasteiger partial charge in [0.1, 0.15) is 23.2 Å². The number of aliphatic hydroxyl groups excluding tert-OH is 1. The smallest absolute Gasteiger partial charge is 0.199 e. The topological polar surface area (TPSA) is 55.8 Å². The molecule has 21 heavy (non-hydrogen) atoms. The van der Waals surface area contributed by atoms with E-state index < -0.39 is 6.10 Å². The van der Waals surface area contributed by atoms with Gasteiger partial charge >= 0.3 is 0 Å². The molecule has 0 aliphatic carbocycles. The van der Waals surface area contributed by atoms with E-state index in [9.17, 15) is 9.90 Å². The van der Waals surface area contributed by atoms with E-state index in [1.165, 1.54) is 14.2 Å². The summed E-state index contributed by atoms with van der Waals surface area (Å²) in [5, 5.41) is 10.4. The molecule has 1 aromatic carbocycles. The first kappa shape index (κ1) is 17.5. The van der Waals surface area contributed by atoms with E-state index >= 15 is 0 Å². The second kappa shape index (κ2) is 6.94. The quantitative estimate of drug-likeness (QED) is 0.818. The Morgan fingerprint density at radius 3 is 2.05 bits per heavy atom. The van der Waals surface area contributed by atoms with Gasteiger partial charge in [-0.3, -0.25) is 4.79 Å². The molecule has 118 valence electrons. The summed E-state index contributed by atoms with van der Waals surface area (Å²) in [7, 11) is 2.99. The molecule has 2 unspecified atom stereocenters. The Bertz CT molecular complexity index is 466. The van der Waals surface area contributed by atoms with E-state index in [1.54, 1.807) is 18.2 Å². The molecule has 0 fully saturated rings. The molecule has 1 aromatic rings. The number of ether oxygens (including phenoxy) is 2. The highest BCUT2D eigenvalue weighted by atomic mass is 16.5. The van der Waals surface area contributed by atoms with Gasteiger partial charge in [-0.1, -0.05) is 33.8 Å². The number of ketones is 1. The molecule has 2 atom stereocenters.